The summed E-state index contributed by atoms with van der Waals surface area (Å²) >= 11 is 12.0. The largest absolute Gasteiger partial charge is 0.493 e. The van der Waals surface area contributed by atoms with Gasteiger partial charge in [0, 0.05) is 10.8 Å². The van der Waals surface area contributed by atoms with Crippen molar-refractivity contribution in [2.75, 3.05) is 6.61 Å². The summed E-state index contributed by atoms with van der Waals surface area (Å²) in [4.78, 5) is 1.29. The Morgan fingerprint density at radius 2 is 2.21 bits per heavy atom. The summed E-state index contributed by atoms with van der Waals surface area (Å²) in [7, 11) is 0. The summed E-state index contributed by atoms with van der Waals surface area (Å²) in [6.45, 7) is 2.88. The van der Waals surface area contributed by atoms with E-state index in [1.165, 1.54) is 16.0 Å². The van der Waals surface area contributed by atoms with Gasteiger partial charge in [-0.25, -0.2) is 0 Å². The molecule has 2 heterocycles. The fourth-order valence-corrected chi connectivity index (χ4v) is 4.93. The predicted octanol–water partition coefficient (Wildman–Crippen LogP) is 5.67. The van der Waals surface area contributed by atoms with Gasteiger partial charge in [0.05, 0.1) is 15.8 Å². The van der Waals surface area contributed by atoms with Gasteiger partial charge in [-0.05, 0) is 52.5 Å². The molecule has 2 unspecified atom stereocenters. The third kappa shape index (κ3) is 2.56. The number of hydrogen-bond acceptors (Lipinski definition) is 2. The number of alkyl halides is 1. The van der Waals surface area contributed by atoms with E-state index < -0.39 is 0 Å². The highest BCUT2D eigenvalue weighted by Crippen LogP contribution is 2.47. The summed E-state index contributed by atoms with van der Waals surface area (Å²) in [5, 5.41) is 0.00704. The van der Waals surface area contributed by atoms with E-state index in [2.05, 4.69) is 41.1 Å². The van der Waals surface area contributed by atoms with Crippen molar-refractivity contribution >= 4 is 38.9 Å². The first-order valence-corrected chi connectivity index (χ1v) is 8.33. The van der Waals surface area contributed by atoms with Crippen molar-refractivity contribution in [2.24, 2.45) is 0 Å². The molecule has 0 fully saturated rings. The van der Waals surface area contributed by atoms with Crippen LogP contribution in [0, 0.1) is 6.92 Å². The molecule has 4 heteroatoms. The highest BCUT2D eigenvalue weighted by molar-refractivity contribution is 9.11. The van der Waals surface area contributed by atoms with Gasteiger partial charge in [-0.1, -0.05) is 18.2 Å². The molecule has 3 rings (SSSR count). The Morgan fingerprint density at radius 3 is 2.95 bits per heavy atom. The molecule has 0 saturated carbocycles. The molecular formula is C15H14BrClOS. The summed E-state index contributed by atoms with van der Waals surface area (Å²) in [5.41, 5.74) is 2.47. The minimum Gasteiger partial charge on any atom is -0.493 e. The van der Waals surface area contributed by atoms with Gasteiger partial charge < -0.3 is 4.74 Å². The topological polar surface area (TPSA) is 9.23 Å². The van der Waals surface area contributed by atoms with Crippen LogP contribution in [-0.4, -0.2) is 6.61 Å². The van der Waals surface area contributed by atoms with Crippen molar-refractivity contribution in [1.29, 1.82) is 0 Å². The van der Waals surface area contributed by atoms with Gasteiger partial charge in [0.2, 0.25) is 0 Å². The first-order chi connectivity index (χ1) is 9.16. The number of ether oxygens (including phenoxy) is 1. The van der Waals surface area contributed by atoms with E-state index in [0.717, 1.165) is 22.6 Å². The second kappa shape index (κ2) is 5.47. The van der Waals surface area contributed by atoms with Crippen LogP contribution in [0.15, 0.2) is 34.1 Å². The number of halogens is 2. The fourth-order valence-electron chi connectivity index (χ4n) is 2.62. The molecule has 1 aromatic heterocycles. The van der Waals surface area contributed by atoms with Crippen LogP contribution in [0.2, 0.25) is 0 Å². The highest BCUT2D eigenvalue weighted by atomic mass is 79.9. The van der Waals surface area contributed by atoms with Crippen LogP contribution in [0.5, 0.6) is 5.75 Å². The molecule has 1 aliphatic heterocycles. The molecule has 1 nitrogen and oxygen atoms in total. The minimum atomic E-state index is 0.00704. The monoisotopic (exact) mass is 356 g/mol. The van der Waals surface area contributed by atoms with Gasteiger partial charge in [-0.15, -0.1) is 22.9 Å². The average molecular weight is 358 g/mol. The molecule has 0 saturated heterocycles. The quantitative estimate of drug-likeness (QED) is 0.630. The third-order valence-electron chi connectivity index (χ3n) is 3.58. The molecule has 0 N–H and O–H groups in total. The second-order valence-electron chi connectivity index (χ2n) is 4.75. The zero-order valence-corrected chi connectivity index (χ0v) is 13.7. The number of rotatable bonds is 2. The Hall–Kier alpha value is -0.510. The molecule has 100 valence electrons. The first kappa shape index (κ1) is 13.5. The smallest absolute Gasteiger partial charge is 0.122 e. The van der Waals surface area contributed by atoms with Gasteiger partial charge in [-0.3, -0.25) is 0 Å². The van der Waals surface area contributed by atoms with Gasteiger partial charge >= 0.3 is 0 Å². The Balaban J connectivity index is 1.97. The predicted molar refractivity (Wildman–Crippen MR) is 84.6 cm³/mol. The van der Waals surface area contributed by atoms with Crippen molar-refractivity contribution in [3.05, 3.63) is 50.1 Å². The fraction of sp³-hybridized carbons (Fsp3) is 0.333. The molecule has 2 aromatic rings. The van der Waals surface area contributed by atoms with Gasteiger partial charge in [-0.2, -0.15) is 0 Å². The summed E-state index contributed by atoms with van der Waals surface area (Å²) in [6.07, 6.45) is 0.970. The number of aryl methyl sites for hydroxylation is 1. The molecule has 19 heavy (non-hydrogen) atoms. The maximum absolute atomic E-state index is 6.76. The SMILES string of the molecule is Cc1sc(Br)cc1C(Cl)C1CCOc2ccccc21. The number of hydrogen-bond donors (Lipinski definition) is 0. The van der Waals surface area contributed by atoms with Crippen molar-refractivity contribution in [2.45, 2.75) is 24.6 Å². The Bertz CT molecular complexity index is 596. The Labute approximate surface area is 130 Å². The first-order valence-electron chi connectivity index (χ1n) is 6.28. The lowest BCUT2D eigenvalue weighted by molar-refractivity contribution is 0.265. The summed E-state index contributed by atoms with van der Waals surface area (Å²) in [6, 6.07) is 10.4. The zero-order chi connectivity index (χ0) is 13.4. The molecule has 1 aromatic carbocycles. The zero-order valence-electron chi connectivity index (χ0n) is 10.5. The normalized spacial score (nSPS) is 19.6. The lowest BCUT2D eigenvalue weighted by atomic mass is 9.87. The maximum Gasteiger partial charge on any atom is 0.122 e. The van der Waals surface area contributed by atoms with Crippen LogP contribution in [0.25, 0.3) is 0 Å². The van der Waals surface area contributed by atoms with E-state index in [9.17, 15) is 0 Å². The van der Waals surface area contributed by atoms with E-state index in [4.69, 9.17) is 16.3 Å². The Morgan fingerprint density at radius 1 is 1.42 bits per heavy atom. The third-order valence-corrected chi connectivity index (χ3v) is 5.69. The van der Waals surface area contributed by atoms with Crippen LogP contribution in [-0.2, 0) is 0 Å². The second-order valence-corrected chi connectivity index (χ2v) is 7.85. The van der Waals surface area contributed by atoms with Crippen LogP contribution in [0.4, 0.5) is 0 Å². The van der Waals surface area contributed by atoms with Gasteiger partial charge in [0.1, 0.15) is 5.75 Å². The van der Waals surface area contributed by atoms with E-state index in [-0.39, 0.29) is 5.38 Å². The molecule has 0 aliphatic carbocycles. The van der Waals surface area contributed by atoms with Crippen molar-refractivity contribution in [3.63, 3.8) is 0 Å². The number of benzene rings is 1. The summed E-state index contributed by atoms with van der Waals surface area (Å²) in [5.74, 6) is 1.31. The van der Waals surface area contributed by atoms with E-state index in [0.29, 0.717) is 5.92 Å². The molecule has 0 bridgehead atoms. The van der Waals surface area contributed by atoms with Crippen LogP contribution < -0.4 is 4.74 Å². The van der Waals surface area contributed by atoms with Crippen LogP contribution in [0.3, 0.4) is 0 Å². The number of fused-ring (bicyclic) bond motifs is 1. The van der Waals surface area contributed by atoms with Gasteiger partial charge in [0.15, 0.2) is 0 Å². The minimum absolute atomic E-state index is 0.00704. The average Bonchev–Trinajstić information content (AvgIpc) is 2.76. The van der Waals surface area contributed by atoms with E-state index >= 15 is 0 Å². The summed E-state index contributed by atoms with van der Waals surface area (Å²) < 4.78 is 6.85. The molecule has 0 amide bonds. The van der Waals surface area contributed by atoms with E-state index in [1.807, 2.05) is 12.1 Å². The van der Waals surface area contributed by atoms with Crippen LogP contribution in [0.1, 0.15) is 33.7 Å². The number of para-hydroxylation sites is 1. The van der Waals surface area contributed by atoms with Crippen molar-refractivity contribution in [1.82, 2.24) is 0 Å². The van der Waals surface area contributed by atoms with Crippen molar-refractivity contribution in [3.8, 4) is 5.75 Å². The Kier molecular flexibility index (Phi) is 3.88. The van der Waals surface area contributed by atoms with E-state index in [1.54, 1.807) is 11.3 Å². The lowest BCUT2D eigenvalue weighted by Crippen LogP contribution is -2.17. The number of thiophene rings is 1. The highest BCUT2D eigenvalue weighted by Gasteiger charge is 2.30. The molecular weight excluding hydrogens is 344 g/mol. The standard InChI is InChI=1S/C15H14BrClOS/c1-9-12(8-14(16)19-9)15(17)11-6-7-18-13-5-3-2-4-10(11)13/h2-5,8,11,15H,6-7H2,1H3. The molecule has 1 aliphatic rings. The molecule has 0 spiro atoms. The van der Waals surface area contributed by atoms with Crippen LogP contribution >= 0.6 is 38.9 Å². The van der Waals surface area contributed by atoms with Gasteiger partial charge in [0.25, 0.3) is 0 Å². The molecule has 2 atom stereocenters. The lowest BCUT2D eigenvalue weighted by Gasteiger charge is -2.29. The maximum atomic E-state index is 6.76. The molecule has 0 radical (unpaired) electrons. The van der Waals surface area contributed by atoms with Crippen molar-refractivity contribution < 1.29 is 4.74 Å².